The van der Waals surface area contributed by atoms with Crippen molar-refractivity contribution in [3.63, 3.8) is 0 Å². The van der Waals surface area contributed by atoms with Crippen LogP contribution in [0, 0.1) is 13.8 Å². The molecular formula is C40H42N2. The first-order valence-corrected chi connectivity index (χ1v) is 15.0. The first kappa shape index (κ1) is 27.8. The van der Waals surface area contributed by atoms with Crippen LogP contribution in [0.15, 0.2) is 109 Å². The summed E-state index contributed by atoms with van der Waals surface area (Å²) in [6, 6.07) is 40.8. The predicted molar refractivity (Wildman–Crippen MR) is 180 cm³/mol. The molecule has 0 saturated carbocycles. The van der Waals surface area contributed by atoms with Gasteiger partial charge in [-0.25, -0.2) is 0 Å². The quantitative estimate of drug-likeness (QED) is 0.207. The van der Waals surface area contributed by atoms with Crippen molar-refractivity contribution in [2.45, 2.75) is 66.2 Å². The highest BCUT2D eigenvalue weighted by Gasteiger charge is 2.22. The Kier molecular flexibility index (Phi) is 6.77. The fraction of sp³-hybridized carbons (Fsp3) is 0.250. The summed E-state index contributed by atoms with van der Waals surface area (Å²) in [7, 11) is 0. The molecule has 0 amide bonds. The van der Waals surface area contributed by atoms with Crippen LogP contribution in [-0.4, -0.2) is 9.13 Å². The highest BCUT2D eigenvalue weighted by molar-refractivity contribution is 5.93. The van der Waals surface area contributed by atoms with E-state index >= 15 is 0 Å². The minimum atomic E-state index is 0.103. The van der Waals surface area contributed by atoms with Crippen LogP contribution in [0.2, 0.25) is 0 Å². The van der Waals surface area contributed by atoms with Gasteiger partial charge in [-0.2, -0.15) is 0 Å². The lowest BCUT2D eigenvalue weighted by Gasteiger charge is -2.20. The molecule has 0 aliphatic heterocycles. The zero-order chi connectivity index (χ0) is 29.8. The Morgan fingerprint density at radius 1 is 0.405 bits per heavy atom. The van der Waals surface area contributed by atoms with Gasteiger partial charge in [0.2, 0.25) is 0 Å². The first-order valence-electron chi connectivity index (χ1n) is 15.0. The Morgan fingerprint density at radius 3 is 1.00 bits per heavy atom. The van der Waals surface area contributed by atoms with Crippen LogP contribution in [0.5, 0.6) is 0 Å². The molecule has 4 aromatic carbocycles. The standard InChI is InChI=1S/C40H42N2/c1-27-9-13-29(14-10-27)35-25-37-38(41(35)33-21-17-31(18-22-33)39(3,4)5)26-36(30-15-11-28(2)12-16-30)42(37)34-23-19-32(20-24-34)40(6,7)8/h9-26H,1-8H3. The number of benzene rings is 4. The third-order valence-electron chi connectivity index (χ3n) is 8.45. The number of fused-ring (bicyclic) bond motifs is 1. The molecule has 2 heterocycles. The zero-order valence-electron chi connectivity index (χ0n) is 26.3. The van der Waals surface area contributed by atoms with Crippen LogP contribution in [0.25, 0.3) is 44.9 Å². The summed E-state index contributed by atoms with van der Waals surface area (Å²) in [5.41, 5.74) is 15.0. The van der Waals surface area contributed by atoms with Gasteiger partial charge in [-0.1, -0.05) is 125 Å². The van der Waals surface area contributed by atoms with Gasteiger partial charge in [0.1, 0.15) is 0 Å². The number of aryl methyl sites for hydroxylation is 2. The first-order chi connectivity index (χ1) is 19.9. The molecule has 0 bridgehead atoms. The topological polar surface area (TPSA) is 9.86 Å². The fourth-order valence-electron chi connectivity index (χ4n) is 5.80. The maximum absolute atomic E-state index is 2.43. The molecule has 2 nitrogen and oxygen atoms in total. The minimum absolute atomic E-state index is 0.103. The van der Waals surface area contributed by atoms with Gasteiger partial charge in [0.05, 0.1) is 22.4 Å². The smallest absolute Gasteiger partial charge is 0.0724 e. The molecule has 0 N–H and O–H groups in total. The van der Waals surface area contributed by atoms with Gasteiger partial charge >= 0.3 is 0 Å². The summed E-state index contributed by atoms with van der Waals surface area (Å²) in [6.07, 6.45) is 0. The van der Waals surface area contributed by atoms with Crippen molar-refractivity contribution in [1.82, 2.24) is 9.13 Å². The second kappa shape index (κ2) is 10.2. The van der Waals surface area contributed by atoms with E-state index in [1.165, 1.54) is 67.2 Å². The van der Waals surface area contributed by atoms with Crippen LogP contribution in [0.1, 0.15) is 63.8 Å². The summed E-state index contributed by atoms with van der Waals surface area (Å²) in [4.78, 5) is 0. The van der Waals surface area contributed by atoms with Gasteiger partial charge in [-0.05, 0) is 83.3 Å². The third-order valence-corrected chi connectivity index (χ3v) is 8.45. The van der Waals surface area contributed by atoms with Gasteiger partial charge in [-0.15, -0.1) is 0 Å². The monoisotopic (exact) mass is 550 g/mol. The van der Waals surface area contributed by atoms with Crippen molar-refractivity contribution in [2.75, 3.05) is 0 Å². The lowest BCUT2D eigenvalue weighted by molar-refractivity contribution is 0.590. The van der Waals surface area contributed by atoms with E-state index in [0.29, 0.717) is 0 Å². The van der Waals surface area contributed by atoms with Crippen molar-refractivity contribution in [3.8, 4) is 33.9 Å². The van der Waals surface area contributed by atoms with Crippen molar-refractivity contribution < 1.29 is 0 Å². The van der Waals surface area contributed by atoms with Gasteiger partial charge in [0, 0.05) is 11.4 Å². The van der Waals surface area contributed by atoms with E-state index in [-0.39, 0.29) is 10.8 Å². The molecule has 0 fully saturated rings. The molecule has 0 aliphatic carbocycles. The van der Waals surface area contributed by atoms with Crippen LogP contribution < -0.4 is 0 Å². The third kappa shape index (κ3) is 5.11. The number of rotatable bonds is 4. The Labute approximate surface area is 251 Å². The summed E-state index contributed by atoms with van der Waals surface area (Å²) >= 11 is 0. The Hall–Kier alpha value is -4.30. The van der Waals surface area contributed by atoms with Crippen LogP contribution in [-0.2, 0) is 10.8 Å². The molecule has 0 aliphatic rings. The minimum Gasteiger partial charge on any atom is -0.308 e. The molecular weight excluding hydrogens is 508 g/mol. The molecule has 0 spiro atoms. The highest BCUT2D eigenvalue weighted by atomic mass is 15.1. The summed E-state index contributed by atoms with van der Waals surface area (Å²) < 4.78 is 4.87. The molecule has 0 unspecified atom stereocenters. The Bertz CT molecular complexity index is 1700. The second-order valence-electron chi connectivity index (χ2n) is 13.8. The number of nitrogens with zero attached hydrogens (tertiary/aromatic N) is 2. The fourth-order valence-corrected chi connectivity index (χ4v) is 5.80. The Balaban J connectivity index is 1.65. The lowest BCUT2D eigenvalue weighted by atomic mass is 9.87. The SMILES string of the molecule is Cc1ccc(-c2cc3c(cc(-c4ccc(C)cc4)n3-c3ccc(C(C)(C)C)cc3)n2-c2ccc(C(C)(C)C)cc2)cc1. The van der Waals surface area contributed by atoms with Crippen molar-refractivity contribution in [3.05, 3.63) is 131 Å². The van der Waals surface area contributed by atoms with Gasteiger partial charge in [0.15, 0.2) is 0 Å². The van der Waals surface area contributed by atoms with E-state index in [9.17, 15) is 0 Å². The van der Waals surface area contributed by atoms with Crippen molar-refractivity contribution >= 4 is 11.0 Å². The second-order valence-corrected chi connectivity index (χ2v) is 13.8. The van der Waals surface area contributed by atoms with Crippen LogP contribution in [0.3, 0.4) is 0 Å². The van der Waals surface area contributed by atoms with E-state index < -0.39 is 0 Å². The molecule has 0 saturated heterocycles. The molecule has 212 valence electrons. The summed E-state index contributed by atoms with van der Waals surface area (Å²) in [5.74, 6) is 0. The van der Waals surface area contributed by atoms with Gasteiger partial charge in [0.25, 0.3) is 0 Å². The molecule has 2 aromatic heterocycles. The highest BCUT2D eigenvalue weighted by Crippen LogP contribution is 2.39. The molecule has 42 heavy (non-hydrogen) atoms. The van der Waals surface area contributed by atoms with Crippen molar-refractivity contribution in [2.24, 2.45) is 0 Å². The van der Waals surface area contributed by atoms with Crippen LogP contribution >= 0.6 is 0 Å². The normalized spacial score (nSPS) is 12.3. The maximum atomic E-state index is 2.43. The number of hydrogen-bond acceptors (Lipinski definition) is 0. The predicted octanol–water partition coefficient (Wildman–Crippen LogP) is 11.0. The van der Waals surface area contributed by atoms with E-state index in [1.54, 1.807) is 0 Å². The molecule has 2 heteroatoms. The number of aromatic nitrogens is 2. The molecule has 0 radical (unpaired) electrons. The van der Waals surface area contributed by atoms with Crippen LogP contribution in [0.4, 0.5) is 0 Å². The Morgan fingerprint density at radius 2 is 0.714 bits per heavy atom. The summed E-state index contributed by atoms with van der Waals surface area (Å²) in [5, 5.41) is 0. The molecule has 6 aromatic rings. The van der Waals surface area contributed by atoms with Crippen molar-refractivity contribution in [1.29, 1.82) is 0 Å². The van der Waals surface area contributed by atoms with E-state index in [0.717, 1.165) is 0 Å². The zero-order valence-corrected chi connectivity index (χ0v) is 26.3. The van der Waals surface area contributed by atoms with Gasteiger partial charge in [-0.3, -0.25) is 0 Å². The maximum Gasteiger partial charge on any atom is 0.0724 e. The largest absolute Gasteiger partial charge is 0.308 e. The van der Waals surface area contributed by atoms with E-state index in [4.69, 9.17) is 0 Å². The lowest BCUT2D eigenvalue weighted by Crippen LogP contribution is -2.10. The molecule has 0 atom stereocenters. The molecule has 6 rings (SSSR count). The average Bonchev–Trinajstić information content (AvgIpc) is 3.49. The summed E-state index contributed by atoms with van der Waals surface area (Å²) in [6.45, 7) is 17.9. The number of hydrogen-bond donors (Lipinski definition) is 0. The van der Waals surface area contributed by atoms with E-state index in [1.807, 2.05) is 0 Å². The average molecular weight is 551 g/mol. The van der Waals surface area contributed by atoms with E-state index in [2.05, 4.69) is 174 Å². The van der Waals surface area contributed by atoms with Gasteiger partial charge < -0.3 is 9.13 Å².